The molecular weight excluding hydrogens is 502 g/mol. The van der Waals surface area contributed by atoms with E-state index in [1.807, 2.05) is 23.8 Å². The average molecular weight is 546 g/mol. The van der Waals surface area contributed by atoms with Crippen molar-refractivity contribution >= 4 is 32.9 Å². The average Bonchev–Trinajstić information content (AvgIpc) is 2.72. The molecule has 1 fully saturated rings. The predicted molar refractivity (Wildman–Crippen MR) is 143 cm³/mol. The summed E-state index contributed by atoms with van der Waals surface area (Å²) in [6, 6.07) is 7.23. The molecule has 2 amide bonds. The molecule has 0 bridgehead atoms. The summed E-state index contributed by atoms with van der Waals surface area (Å²) in [5, 5.41) is 3.14. The van der Waals surface area contributed by atoms with Gasteiger partial charge >= 0.3 is 0 Å². The second-order valence-corrected chi connectivity index (χ2v) is 14.0. The van der Waals surface area contributed by atoms with Crippen LogP contribution >= 0.6 is 0 Å². The van der Waals surface area contributed by atoms with Crippen LogP contribution in [0.2, 0.25) is 0 Å². The topological polar surface area (TPSA) is 131 Å². The Morgan fingerprint density at radius 3 is 2.28 bits per heavy atom. The van der Waals surface area contributed by atoms with Crippen molar-refractivity contribution < 1.29 is 26.5 Å². The molecule has 1 aromatic rings. The highest BCUT2D eigenvalue weighted by Gasteiger charge is 2.37. The van der Waals surface area contributed by atoms with E-state index < -0.39 is 32.3 Å². The number of hydrogen-bond acceptors (Lipinski definition) is 7. The summed E-state index contributed by atoms with van der Waals surface area (Å²) in [4.78, 5) is 23.0. The van der Waals surface area contributed by atoms with Gasteiger partial charge in [-0.1, -0.05) is 19.1 Å². The van der Waals surface area contributed by atoms with Crippen LogP contribution in [-0.2, 0) is 35.0 Å². The molecule has 0 spiro atoms. The van der Waals surface area contributed by atoms with Crippen LogP contribution in [0, 0.1) is 12.8 Å². The minimum Gasteiger partial charge on any atom is -0.307 e. The molecular formula is C25H43N3O6S2. The Morgan fingerprint density at radius 2 is 1.78 bits per heavy atom. The van der Waals surface area contributed by atoms with Gasteiger partial charge in [0.05, 0.1) is 10.1 Å². The monoisotopic (exact) mass is 545 g/mol. The largest absolute Gasteiger partial charge is 0.307 e. The fourth-order valence-electron chi connectivity index (χ4n) is 4.50. The highest BCUT2D eigenvalue weighted by atomic mass is 32.2. The molecule has 1 saturated heterocycles. The third-order valence-corrected chi connectivity index (χ3v) is 8.70. The maximum Gasteiger partial charge on any atom is 0.244 e. The molecule has 1 heterocycles. The van der Waals surface area contributed by atoms with Gasteiger partial charge in [0.25, 0.3) is 0 Å². The van der Waals surface area contributed by atoms with E-state index >= 15 is 0 Å². The van der Waals surface area contributed by atoms with Gasteiger partial charge in [-0.2, -0.15) is 4.28 Å². The second kappa shape index (κ2) is 13.6. The lowest BCUT2D eigenvalue weighted by molar-refractivity contribution is -0.127. The summed E-state index contributed by atoms with van der Waals surface area (Å²) in [6.07, 6.45) is 3.77. The zero-order valence-electron chi connectivity index (χ0n) is 22.8. The summed E-state index contributed by atoms with van der Waals surface area (Å²) < 4.78 is 41.1. The highest BCUT2D eigenvalue weighted by Crippen LogP contribution is 2.35. The molecule has 36 heavy (non-hydrogen) atoms. The van der Waals surface area contributed by atoms with Gasteiger partial charge in [-0.05, 0) is 90.8 Å². The van der Waals surface area contributed by atoms with Gasteiger partial charge in [-0.25, -0.2) is 18.1 Å². The summed E-state index contributed by atoms with van der Waals surface area (Å²) in [7, 11) is -3.41. The van der Waals surface area contributed by atoms with Gasteiger partial charge in [0, 0.05) is 24.4 Å². The number of benzene rings is 1. The van der Waals surface area contributed by atoms with Crippen molar-refractivity contribution in [1.29, 1.82) is 0 Å². The van der Waals surface area contributed by atoms with Crippen LogP contribution in [0.5, 0.6) is 0 Å². The summed E-state index contributed by atoms with van der Waals surface area (Å²) in [5.41, 5.74) is 3.47. The molecule has 11 heteroatoms. The highest BCUT2D eigenvalue weighted by molar-refractivity contribution is 7.90. The van der Waals surface area contributed by atoms with Crippen LogP contribution in [0.3, 0.4) is 0 Å². The number of amides is 2. The van der Waals surface area contributed by atoms with Crippen LogP contribution in [0.4, 0.5) is 0 Å². The van der Waals surface area contributed by atoms with Crippen LogP contribution in [0.1, 0.15) is 86.1 Å². The zero-order chi connectivity index (χ0) is 27.7. The van der Waals surface area contributed by atoms with E-state index in [4.69, 9.17) is 4.28 Å². The summed E-state index contributed by atoms with van der Waals surface area (Å²) in [6.45, 7) is 15.2. The molecule has 0 aliphatic carbocycles. The molecule has 0 radical (unpaired) electrons. The predicted octanol–water partition coefficient (Wildman–Crippen LogP) is 3.65. The van der Waals surface area contributed by atoms with Gasteiger partial charge in [0.1, 0.15) is 0 Å². The third kappa shape index (κ3) is 11.9. The molecule has 0 saturated carbocycles. The quantitative estimate of drug-likeness (QED) is 0.404. The number of hydrogen-bond donors (Lipinski definition) is 3. The maximum atomic E-state index is 12.0. The minimum atomic E-state index is -3.41. The Morgan fingerprint density at radius 1 is 1.19 bits per heavy atom. The van der Waals surface area contributed by atoms with Gasteiger partial charge in [-0.3, -0.25) is 14.3 Å². The Balaban J connectivity index is 0.000000497. The Labute approximate surface area is 219 Å². The van der Waals surface area contributed by atoms with Gasteiger partial charge in [0.15, 0.2) is 0 Å². The number of sulfonamides is 1. The number of aryl methyl sites for hydroxylation is 1. The van der Waals surface area contributed by atoms with E-state index in [0.717, 1.165) is 24.8 Å². The van der Waals surface area contributed by atoms with E-state index in [-0.39, 0.29) is 17.0 Å². The lowest BCUT2D eigenvalue weighted by atomic mass is 9.74. The minimum absolute atomic E-state index is 0.0755. The maximum absolute atomic E-state index is 12.0. The van der Waals surface area contributed by atoms with E-state index in [1.165, 1.54) is 6.92 Å². The Hall–Kier alpha value is -1.82. The summed E-state index contributed by atoms with van der Waals surface area (Å²) in [5.74, 6) is -0.278. The van der Waals surface area contributed by atoms with Crippen molar-refractivity contribution in [2.75, 3.05) is 0 Å². The first-order valence-corrected chi connectivity index (χ1v) is 14.8. The number of hydroxylamine groups is 1. The van der Waals surface area contributed by atoms with Crippen molar-refractivity contribution in [1.82, 2.24) is 15.5 Å². The lowest BCUT2D eigenvalue weighted by Gasteiger charge is -2.46. The smallest absolute Gasteiger partial charge is 0.244 e. The first-order valence-electron chi connectivity index (χ1n) is 12.2. The van der Waals surface area contributed by atoms with Crippen LogP contribution in [0.15, 0.2) is 29.2 Å². The third-order valence-electron chi connectivity index (χ3n) is 5.86. The Kier molecular flexibility index (Phi) is 12.2. The molecule has 1 aliphatic heterocycles. The molecule has 1 aromatic carbocycles. The SMILES string of the molecule is CCC(C)S(=O)(=O)NC(C)=O.Cc1cccc(S(=O)ONC(=O)CCC2CC(C)(C)NC(C)(C)C2)c1. The van der Waals surface area contributed by atoms with Gasteiger partial charge < -0.3 is 5.32 Å². The molecule has 206 valence electrons. The molecule has 2 rings (SSSR count). The van der Waals surface area contributed by atoms with Crippen LogP contribution in [-0.4, -0.2) is 40.8 Å². The van der Waals surface area contributed by atoms with E-state index in [1.54, 1.807) is 26.0 Å². The summed E-state index contributed by atoms with van der Waals surface area (Å²) >= 11 is -1.69. The van der Waals surface area contributed by atoms with Crippen molar-refractivity contribution in [3.05, 3.63) is 29.8 Å². The number of carbonyl (C=O) groups excluding carboxylic acids is 2. The normalized spacial score (nSPS) is 18.8. The van der Waals surface area contributed by atoms with Gasteiger partial charge in [-0.15, -0.1) is 0 Å². The molecule has 0 aromatic heterocycles. The number of nitrogens with one attached hydrogen (secondary N) is 3. The zero-order valence-corrected chi connectivity index (χ0v) is 24.4. The van der Waals surface area contributed by atoms with Crippen molar-refractivity contribution in [3.63, 3.8) is 0 Å². The van der Waals surface area contributed by atoms with Gasteiger partial charge in [0.2, 0.25) is 32.9 Å². The van der Waals surface area contributed by atoms with Crippen LogP contribution < -0.4 is 15.5 Å². The Bertz CT molecular complexity index is 1010. The lowest BCUT2D eigenvalue weighted by Crippen LogP contribution is -2.57. The molecule has 2 unspecified atom stereocenters. The van der Waals surface area contributed by atoms with Crippen LogP contribution in [0.25, 0.3) is 0 Å². The van der Waals surface area contributed by atoms with Crippen molar-refractivity contribution in [2.45, 2.75) is 109 Å². The fraction of sp³-hybridized carbons (Fsp3) is 0.680. The molecule has 3 N–H and O–H groups in total. The molecule has 9 nitrogen and oxygen atoms in total. The number of piperidine rings is 1. The first kappa shape index (κ1) is 32.2. The van der Waals surface area contributed by atoms with E-state index in [0.29, 0.717) is 23.7 Å². The van der Waals surface area contributed by atoms with Crippen molar-refractivity contribution in [2.24, 2.45) is 5.92 Å². The first-order chi connectivity index (χ1) is 16.5. The number of carbonyl (C=O) groups is 2. The van der Waals surface area contributed by atoms with E-state index in [2.05, 4.69) is 38.5 Å². The molecule has 2 atom stereocenters. The molecule has 1 aliphatic rings. The fourth-order valence-corrected chi connectivity index (χ4v) is 6.27. The number of rotatable bonds is 9. The van der Waals surface area contributed by atoms with Crippen molar-refractivity contribution in [3.8, 4) is 0 Å². The second-order valence-electron chi connectivity index (χ2n) is 10.8. The standard InChI is InChI=1S/C19H30N2O3S.C6H13NO3S/c1-14-7-6-8-16(11-14)25(23)24-20-17(22)10-9-15-12-18(2,3)21-19(4,5)13-15;1-4-5(2)11(9,10)7-6(3)8/h6-8,11,15,21H,9-10,12-13H2,1-5H3,(H,20,22);5H,4H2,1-3H3,(H,7,8). The van der Waals surface area contributed by atoms with E-state index in [9.17, 15) is 22.2 Å².